The molecule has 1 saturated heterocycles. The minimum Gasteiger partial charge on any atom is -0.406 e. The zero-order valence-corrected chi connectivity index (χ0v) is 79.7. The summed E-state index contributed by atoms with van der Waals surface area (Å²) in [5.41, 5.74) is 18.2. The second-order valence-corrected chi connectivity index (χ2v) is 34.9. The SMILES string of the molecule is COCCN(C)C1=NC2=C(c3ccccc3C(F)(F)F)C(=O)c3ccccc3C2=N1.COCCN(C)C1=NC2=C(c3ccccc3C)C(=O)c3ccccc3C2=N1.Cc1cc(OC(F)(F)F)ccc1C1=C2N=C(N(C)C)N=C2c2ccccc2C1=O.Cc1cc(OC(F)(F)F)ccc1C1=C2N=C(N3CCN(C)CC3)N=C2c2ccccc2C1=O.Cc1cnccc1C1=C2N=C(N(C)C)N=C2c2ccccc2C1=O. The van der Waals surface area contributed by atoms with E-state index in [4.69, 9.17) is 29.4 Å². The Bertz CT molecular complexity index is 7500. The summed E-state index contributed by atoms with van der Waals surface area (Å²) in [4.78, 5) is 129. The third-order valence-corrected chi connectivity index (χ3v) is 24.8. The normalized spacial score (nSPS) is 16.3. The molecule has 9 aromatic carbocycles. The number of allylic oxidation sites excluding steroid dienone is 10. The first-order valence-corrected chi connectivity index (χ1v) is 45.2. The average molecular weight is 1940 g/mol. The summed E-state index contributed by atoms with van der Waals surface area (Å²) in [5, 5.41) is 0. The molecule has 0 N–H and O–H groups in total. The molecule has 0 saturated carbocycles. The number of benzene rings is 9. The van der Waals surface area contributed by atoms with Gasteiger partial charge in [0, 0.05) is 169 Å². The lowest BCUT2D eigenvalue weighted by Gasteiger charge is -2.32. The van der Waals surface area contributed by atoms with Gasteiger partial charge in [-0.1, -0.05) is 176 Å². The Balaban J connectivity index is 0.000000123. The molecule has 1 fully saturated rings. The average Bonchev–Trinajstić information content (AvgIpc) is 1.63. The van der Waals surface area contributed by atoms with E-state index in [1.807, 2.05) is 148 Å². The maximum absolute atomic E-state index is 13.7. The van der Waals surface area contributed by atoms with Gasteiger partial charge in [0.15, 0.2) is 28.9 Å². The summed E-state index contributed by atoms with van der Waals surface area (Å²) in [6.07, 6.45) is -10.7. The lowest BCUT2D eigenvalue weighted by molar-refractivity contribution is -0.275. The number of likely N-dealkylation sites (N-methyl/N-ethyl adjacent to an activating group) is 3. The van der Waals surface area contributed by atoms with Gasteiger partial charge in [-0.2, -0.15) is 13.2 Å². The van der Waals surface area contributed by atoms with Crippen LogP contribution in [0.25, 0.3) is 27.9 Å². The number of nitrogens with zero attached hydrogens (tertiary/aromatic N) is 17. The number of ether oxygens (including phenoxy) is 4. The highest BCUT2D eigenvalue weighted by Gasteiger charge is 2.45. The predicted molar refractivity (Wildman–Crippen MR) is 531 cm³/mol. The molecule has 6 aliphatic heterocycles. The number of pyridine rings is 1. The zero-order chi connectivity index (χ0) is 102. The fourth-order valence-electron chi connectivity index (χ4n) is 17.7. The van der Waals surface area contributed by atoms with Gasteiger partial charge in [0.2, 0.25) is 29.8 Å². The second kappa shape index (κ2) is 40.1. The van der Waals surface area contributed by atoms with Crippen LogP contribution in [0.5, 0.6) is 11.5 Å². The van der Waals surface area contributed by atoms with Crippen LogP contribution < -0.4 is 9.47 Å². The van der Waals surface area contributed by atoms with Gasteiger partial charge in [-0.15, -0.1) is 26.3 Å². The Morgan fingerprint density at radius 2 is 0.622 bits per heavy atom. The Morgan fingerprint density at radius 3 is 0.958 bits per heavy atom. The summed E-state index contributed by atoms with van der Waals surface area (Å²) in [5.74, 6) is 0.880. The molecule has 11 aliphatic rings. The summed E-state index contributed by atoms with van der Waals surface area (Å²) in [7, 11) is 16.4. The summed E-state index contributed by atoms with van der Waals surface area (Å²) < 4.78 is 135. The highest BCUT2D eigenvalue weighted by Crippen LogP contribution is 2.47. The van der Waals surface area contributed by atoms with E-state index in [-0.39, 0.29) is 51.5 Å². The first-order valence-electron chi connectivity index (χ1n) is 45.2. The molecule has 143 heavy (non-hydrogen) atoms. The standard InChI is InChI=1S/C24H21F3N4O2.C22H18F3N3O2.C22H21N3O2.C21H16F3N3O2.C19H16N4O/c1-14-13-15(33-24(25,26)27)7-8-16(14)19-21-20(17-5-3-4-6-18(17)22(19)32)28-23(29-21)31-11-9-30(2)10-12-31;1-28(11-12-30-2)21-26-18-13-7-3-4-8-14(13)20(29)17(19(18)27-21)15-9-5-6-10-16(15)22(23,24)25;1-14-8-4-5-9-15(14)18-20-19(16-10-6-7-11-17(16)21(18)26)23-22(24-20)25(2)12-13-27-3;1-11-10-12(29-21(22,23)24)8-9-13(11)16-18-17(25-20(26-18)27(2)3)14-6-4-5-7-15(14)19(16)28;1-11-10-20-9-8-12(11)15-17-16(21-19(22-17)23(2)3)13-6-4-5-7-14(13)18(15)24/h3-8,13H,9-12H2,1-2H3;3-10H,11-12H2,1-2H3;4-11H,12-13H2,1-3H3;4-10H,1-3H3;4-10H,1-3H3. The minimum absolute atomic E-state index is 0.00149. The van der Waals surface area contributed by atoms with E-state index in [2.05, 4.69) is 61.3 Å². The molecule has 0 radical (unpaired) electrons. The lowest BCUT2D eigenvalue weighted by Crippen LogP contribution is -2.46. The number of hydrogen-bond acceptors (Lipinski definition) is 26. The fraction of sp³-hybridized carbons (Fsp3) is 0.222. The second-order valence-electron chi connectivity index (χ2n) is 34.9. The van der Waals surface area contributed by atoms with Gasteiger partial charge in [0.05, 0.1) is 46.6 Å². The fourth-order valence-corrected chi connectivity index (χ4v) is 17.7. The Labute approximate surface area is 816 Å². The number of carbonyl (C=O) groups is 5. The van der Waals surface area contributed by atoms with Gasteiger partial charge in [-0.25, -0.2) is 49.9 Å². The van der Waals surface area contributed by atoms with Crippen LogP contribution in [0.1, 0.15) is 135 Å². The maximum Gasteiger partial charge on any atom is 0.573 e. The maximum atomic E-state index is 13.7. The number of rotatable bonds is 13. The molecule has 10 aromatic rings. The van der Waals surface area contributed by atoms with Crippen molar-refractivity contribution in [2.45, 2.75) is 46.6 Å². The molecule has 726 valence electrons. The number of aliphatic imine (C=N–C) groups is 10. The van der Waals surface area contributed by atoms with Gasteiger partial charge in [0.25, 0.3) is 0 Å². The van der Waals surface area contributed by atoms with Crippen molar-refractivity contribution in [3.05, 3.63) is 364 Å². The molecule has 21 rings (SSSR count). The number of aryl methyl sites for hydroxylation is 4. The summed E-state index contributed by atoms with van der Waals surface area (Å²) >= 11 is 0. The van der Waals surface area contributed by atoms with Gasteiger partial charge < -0.3 is 48.3 Å². The van der Waals surface area contributed by atoms with Crippen molar-refractivity contribution < 1.29 is 82.4 Å². The molecular formula is C108H92F9N17O9. The highest BCUT2D eigenvalue weighted by molar-refractivity contribution is 6.48. The molecule has 0 unspecified atom stereocenters. The molecule has 0 spiro atoms. The first kappa shape index (κ1) is 98.3. The Kier molecular flexibility index (Phi) is 27.6. The molecule has 7 heterocycles. The number of alkyl halides is 9. The van der Waals surface area contributed by atoms with Crippen LogP contribution in [0.15, 0.2) is 303 Å². The summed E-state index contributed by atoms with van der Waals surface area (Å²) in [6, 6.07) is 59.0. The number of halogens is 9. The van der Waals surface area contributed by atoms with Crippen molar-refractivity contribution in [3.63, 3.8) is 0 Å². The molecule has 35 heteroatoms. The van der Waals surface area contributed by atoms with Crippen molar-refractivity contribution in [1.82, 2.24) is 34.4 Å². The van der Waals surface area contributed by atoms with E-state index >= 15 is 0 Å². The number of aromatic nitrogens is 1. The molecule has 26 nitrogen and oxygen atoms in total. The van der Waals surface area contributed by atoms with E-state index in [9.17, 15) is 63.5 Å². The monoisotopic (exact) mass is 1940 g/mol. The van der Waals surface area contributed by atoms with E-state index in [0.717, 1.165) is 77.0 Å². The smallest absolute Gasteiger partial charge is 0.406 e. The van der Waals surface area contributed by atoms with Crippen molar-refractivity contribution in [2.75, 3.05) is 116 Å². The number of Topliss-reactive ketones (excluding diaryl/α,β-unsaturated/α-hetero) is 5. The lowest BCUT2D eigenvalue weighted by atomic mass is 9.82. The third-order valence-electron chi connectivity index (χ3n) is 24.8. The number of guanidine groups is 5. The van der Waals surface area contributed by atoms with Crippen molar-refractivity contribution >= 4 is 115 Å². The van der Waals surface area contributed by atoms with E-state index in [0.29, 0.717) is 185 Å². The molecule has 0 atom stereocenters. The van der Waals surface area contributed by atoms with Crippen LogP contribution >= 0.6 is 0 Å². The van der Waals surface area contributed by atoms with Gasteiger partial charge in [-0.3, -0.25) is 29.0 Å². The van der Waals surface area contributed by atoms with E-state index < -0.39 is 30.2 Å². The number of fused-ring (bicyclic) bond motifs is 15. The molecule has 1 aromatic heterocycles. The number of piperazine rings is 1. The summed E-state index contributed by atoms with van der Waals surface area (Å²) in [6.45, 7) is 12.7. The van der Waals surface area contributed by atoms with Crippen LogP contribution in [-0.4, -0.2) is 250 Å². The number of carbonyl (C=O) groups excluding carboxylic acids is 5. The topological polar surface area (TPSA) is 278 Å². The van der Waals surface area contributed by atoms with Crippen LogP contribution in [0, 0.1) is 27.7 Å². The molecular weight excluding hydrogens is 1850 g/mol. The Hall–Kier alpha value is -16.3. The molecule has 0 amide bonds. The van der Waals surface area contributed by atoms with Gasteiger partial charge in [-0.05, 0) is 116 Å². The van der Waals surface area contributed by atoms with Crippen LogP contribution in [0.2, 0.25) is 0 Å². The largest absolute Gasteiger partial charge is 0.573 e. The van der Waals surface area contributed by atoms with Crippen LogP contribution in [-0.2, 0) is 15.7 Å². The van der Waals surface area contributed by atoms with Crippen LogP contribution in [0.3, 0.4) is 0 Å². The van der Waals surface area contributed by atoms with Gasteiger partial charge >= 0.3 is 18.9 Å². The molecule has 5 aliphatic carbocycles. The zero-order valence-electron chi connectivity index (χ0n) is 79.7. The van der Waals surface area contributed by atoms with Crippen molar-refractivity contribution in [2.24, 2.45) is 49.9 Å². The minimum atomic E-state index is -4.79. The first-order chi connectivity index (χ1) is 68.4. The third kappa shape index (κ3) is 19.8. The quantitative estimate of drug-likeness (QED) is 0.0970. The van der Waals surface area contributed by atoms with E-state index in [1.165, 1.54) is 54.6 Å². The number of hydrogen-bond donors (Lipinski definition) is 0. The van der Waals surface area contributed by atoms with Crippen LogP contribution in [0.4, 0.5) is 39.5 Å². The van der Waals surface area contributed by atoms with Gasteiger partial charge in [0.1, 0.15) is 68.5 Å². The molecule has 0 bridgehead atoms. The van der Waals surface area contributed by atoms with Crippen molar-refractivity contribution in [1.29, 1.82) is 0 Å². The van der Waals surface area contributed by atoms with E-state index in [1.54, 1.807) is 120 Å². The predicted octanol–water partition coefficient (Wildman–Crippen LogP) is 18.2. The van der Waals surface area contributed by atoms with Crippen molar-refractivity contribution in [3.8, 4) is 11.5 Å². The Morgan fingerprint density at radius 1 is 0.322 bits per heavy atom. The number of methoxy groups -OCH3 is 2. The number of ketones is 5. The highest BCUT2D eigenvalue weighted by atomic mass is 19.4.